The first kappa shape index (κ1) is 25.0. The quantitative estimate of drug-likeness (QED) is 0.212. The van der Waals surface area contributed by atoms with Gasteiger partial charge in [0.05, 0.1) is 17.8 Å². The fourth-order valence-electron chi connectivity index (χ4n) is 3.34. The Kier molecular flexibility index (Phi) is 7.63. The summed E-state index contributed by atoms with van der Waals surface area (Å²) in [5.41, 5.74) is 1.35. The molecule has 0 aliphatic carbocycles. The van der Waals surface area contributed by atoms with E-state index in [9.17, 15) is 14.4 Å². The summed E-state index contributed by atoms with van der Waals surface area (Å²) in [5, 5.41) is 2.59. The van der Waals surface area contributed by atoms with Crippen LogP contribution in [-0.2, 0) is 16.2 Å². The average Bonchev–Trinajstić information content (AvgIpc) is 2.83. The summed E-state index contributed by atoms with van der Waals surface area (Å²) in [7, 11) is 1.49. The van der Waals surface area contributed by atoms with Crippen molar-refractivity contribution in [3.63, 3.8) is 0 Å². The van der Waals surface area contributed by atoms with Crippen molar-refractivity contribution in [1.29, 1.82) is 0 Å². The van der Waals surface area contributed by atoms with E-state index in [2.05, 4.69) is 27.9 Å². The van der Waals surface area contributed by atoms with E-state index in [1.54, 1.807) is 18.2 Å². The van der Waals surface area contributed by atoms with E-state index >= 15 is 0 Å². The van der Waals surface area contributed by atoms with Gasteiger partial charge < -0.3 is 9.47 Å². The standard InChI is InChI=1S/C25H17Cl2IN2O5/c1-34-22-11-15(4-9-21(22)35-13-14-2-6-17(28)7-3-14)10-18-23(31)29-25(33)30(24(18)32)20-8-5-16(26)12-19(20)27/h2-12H,13H2,1H3,(H,29,31,33)/b18-10+. The maximum absolute atomic E-state index is 13.1. The topological polar surface area (TPSA) is 84.9 Å². The Bertz CT molecular complexity index is 1360. The Balaban J connectivity index is 1.60. The molecule has 3 aromatic rings. The number of hydrogen-bond donors (Lipinski definition) is 1. The lowest BCUT2D eigenvalue weighted by Gasteiger charge is -2.27. The van der Waals surface area contributed by atoms with Crippen LogP contribution in [0.3, 0.4) is 0 Å². The number of carbonyl (C=O) groups excluding carboxylic acids is 3. The van der Waals surface area contributed by atoms with Gasteiger partial charge in [0.2, 0.25) is 0 Å². The van der Waals surface area contributed by atoms with Crippen LogP contribution in [0.5, 0.6) is 11.5 Å². The lowest BCUT2D eigenvalue weighted by molar-refractivity contribution is -0.122. The number of rotatable bonds is 6. The van der Waals surface area contributed by atoms with Crippen molar-refractivity contribution in [3.05, 3.63) is 91.0 Å². The van der Waals surface area contributed by atoms with Gasteiger partial charge in [-0.2, -0.15) is 0 Å². The molecular formula is C25H17Cl2IN2O5. The predicted octanol–water partition coefficient (Wildman–Crippen LogP) is 5.85. The third kappa shape index (κ3) is 5.61. The van der Waals surface area contributed by atoms with Crippen molar-refractivity contribution < 1.29 is 23.9 Å². The number of anilines is 1. The summed E-state index contributed by atoms with van der Waals surface area (Å²) in [6.45, 7) is 0.341. The van der Waals surface area contributed by atoms with Gasteiger partial charge >= 0.3 is 6.03 Å². The van der Waals surface area contributed by atoms with Crippen LogP contribution in [0.25, 0.3) is 6.08 Å². The molecule has 0 unspecified atom stereocenters. The number of benzene rings is 3. The second-order valence-corrected chi connectivity index (χ2v) is 9.47. The van der Waals surface area contributed by atoms with Gasteiger partial charge in [0.25, 0.3) is 11.8 Å². The summed E-state index contributed by atoms with van der Waals surface area (Å²) in [5.74, 6) is -0.722. The first-order chi connectivity index (χ1) is 16.8. The molecule has 1 aliphatic rings. The molecule has 0 atom stereocenters. The van der Waals surface area contributed by atoms with E-state index < -0.39 is 17.8 Å². The summed E-state index contributed by atoms with van der Waals surface area (Å²) in [6, 6.07) is 16.3. The lowest BCUT2D eigenvalue weighted by Crippen LogP contribution is -2.54. The van der Waals surface area contributed by atoms with Crippen LogP contribution >= 0.6 is 45.8 Å². The second kappa shape index (κ2) is 10.7. The molecular weight excluding hydrogens is 606 g/mol. The van der Waals surface area contributed by atoms with Crippen molar-refractivity contribution in [2.45, 2.75) is 6.61 Å². The fourth-order valence-corrected chi connectivity index (χ4v) is 4.19. The lowest BCUT2D eigenvalue weighted by atomic mass is 10.1. The normalized spacial score (nSPS) is 14.8. The van der Waals surface area contributed by atoms with Gasteiger partial charge in [0, 0.05) is 8.59 Å². The van der Waals surface area contributed by atoms with E-state index in [0.717, 1.165) is 14.0 Å². The van der Waals surface area contributed by atoms with Gasteiger partial charge in [0.15, 0.2) is 11.5 Å². The number of halogens is 3. The molecule has 1 saturated heterocycles. The smallest absolute Gasteiger partial charge is 0.335 e. The minimum absolute atomic E-state index is 0.0889. The first-order valence-electron chi connectivity index (χ1n) is 10.2. The van der Waals surface area contributed by atoms with Crippen LogP contribution in [0.4, 0.5) is 10.5 Å². The van der Waals surface area contributed by atoms with Crippen molar-refractivity contribution in [2.24, 2.45) is 0 Å². The molecule has 0 aromatic heterocycles. The number of hydrogen-bond acceptors (Lipinski definition) is 5. The summed E-state index contributed by atoms with van der Waals surface area (Å²) >= 11 is 14.3. The summed E-state index contributed by atoms with van der Waals surface area (Å²) in [4.78, 5) is 38.8. The Morgan fingerprint density at radius 2 is 1.71 bits per heavy atom. The van der Waals surface area contributed by atoms with Gasteiger partial charge in [-0.05, 0) is 82.3 Å². The van der Waals surface area contributed by atoms with Gasteiger partial charge in [-0.15, -0.1) is 0 Å². The summed E-state index contributed by atoms with van der Waals surface area (Å²) < 4.78 is 12.4. The zero-order chi connectivity index (χ0) is 25.1. The number of methoxy groups -OCH3 is 1. The number of nitrogens with zero attached hydrogens (tertiary/aromatic N) is 1. The monoisotopic (exact) mass is 622 g/mol. The van der Waals surface area contributed by atoms with Gasteiger partial charge in [-0.1, -0.05) is 41.4 Å². The van der Waals surface area contributed by atoms with E-state index in [0.29, 0.717) is 28.7 Å². The molecule has 1 heterocycles. The molecule has 3 aromatic carbocycles. The zero-order valence-corrected chi connectivity index (χ0v) is 21.8. The highest BCUT2D eigenvalue weighted by Crippen LogP contribution is 2.33. The molecule has 1 aliphatic heterocycles. The third-order valence-corrected chi connectivity index (χ3v) is 6.32. The highest BCUT2D eigenvalue weighted by Gasteiger charge is 2.37. The first-order valence-corrected chi connectivity index (χ1v) is 12.0. The van der Waals surface area contributed by atoms with Crippen LogP contribution in [0.15, 0.2) is 66.2 Å². The van der Waals surface area contributed by atoms with Crippen LogP contribution in [0, 0.1) is 3.57 Å². The number of imide groups is 2. The van der Waals surface area contributed by atoms with Crippen molar-refractivity contribution in [2.75, 3.05) is 12.0 Å². The molecule has 0 spiro atoms. The Hall–Kier alpha value is -3.08. The molecule has 35 heavy (non-hydrogen) atoms. The molecule has 0 radical (unpaired) electrons. The largest absolute Gasteiger partial charge is 0.493 e. The van der Waals surface area contributed by atoms with Crippen molar-refractivity contribution >= 4 is 75.4 Å². The highest BCUT2D eigenvalue weighted by molar-refractivity contribution is 14.1. The number of barbiturate groups is 1. The third-order valence-electron chi connectivity index (χ3n) is 5.06. The molecule has 4 rings (SSSR count). The second-order valence-electron chi connectivity index (χ2n) is 7.38. The van der Waals surface area contributed by atoms with Crippen LogP contribution in [0.2, 0.25) is 10.0 Å². The van der Waals surface area contributed by atoms with Crippen LogP contribution in [0.1, 0.15) is 11.1 Å². The highest BCUT2D eigenvalue weighted by atomic mass is 127. The molecule has 10 heteroatoms. The fraction of sp³-hybridized carbons (Fsp3) is 0.0800. The van der Waals surface area contributed by atoms with Crippen LogP contribution in [-0.4, -0.2) is 25.0 Å². The van der Waals surface area contributed by atoms with E-state index in [4.69, 9.17) is 32.7 Å². The molecule has 0 saturated carbocycles. The molecule has 7 nitrogen and oxygen atoms in total. The van der Waals surface area contributed by atoms with Gasteiger partial charge in [0.1, 0.15) is 12.2 Å². The minimum Gasteiger partial charge on any atom is -0.493 e. The number of amides is 4. The maximum Gasteiger partial charge on any atom is 0.335 e. The number of nitrogens with one attached hydrogen (secondary N) is 1. The van der Waals surface area contributed by atoms with Gasteiger partial charge in [-0.25, -0.2) is 9.69 Å². The Morgan fingerprint density at radius 3 is 2.40 bits per heavy atom. The molecule has 1 N–H and O–H groups in total. The Morgan fingerprint density at radius 1 is 0.971 bits per heavy atom. The number of carbonyl (C=O) groups is 3. The molecule has 1 fully saturated rings. The van der Waals surface area contributed by atoms with E-state index in [1.165, 1.54) is 31.4 Å². The summed E-state index contributed by atoms with van der Waals surface area (Å²) in [6.07, 6.45) is 1.37. The number of urea groups is 1. The van der Waals surface area contributed by atoms with Crippen molar-refractivity contribution in [1.82, 2.24) is 5.32 Å². The van der Waals surface area contributed by atoms with Gasteiger partial charge in [-0.3, -0.25) is 14.9 Å². The number of ether oxygens (including phenoxy) is 2. The molecule has 4 amide bonds. The molecule has 178 valence electrons. The zero-order valence-electron chi connectivity index (χ0n) is 18.2. The predicted molar refractivity (Wildman–Crippen MR) is 142 cm³/mol. The maximum atomic E-state index is 13.1. The van der Waals surface area contributed by atoms with Crippen molar-refractivity contribution in [3.8, 4) is 11.5 Å². The van der Waals surface area contributed by atoms with E-state index in [1.807, 2.05) is 24.3 Å². The minimum atomic E-state index is -0.904. The average molecular weight is 623 g/mol. The SMILES string of the molecule is COc1cc(/C=C2\C(=O)NC(=O)N(c3ccc(Cl)cc3Cl)C2=O)ccc1OCc1ccc(I)cc1. The molecule has 0 bridgehead atoms. The van der Waals surface area contributed by atoms with Crippen LogP contribution < -0.4 is 19.7 Å². The Labute approximate surface area is 224 Å². The van der Waals surface area contributed by atoms with E-state index in [-0.39, 0.29) is 16.3 Å².